The molecule has 0 heterocycles. The molecule has 0 amide bonds. The van der Waals surface area contributed by atoms with Crippen LogP contribution >= 0.6 is 0 Å². The molecule has 2 N–H and O–H groups in total. The second kappa shape index (κ2) is 12.3. The third-order valence-corrected chi connectivity index (χ3v) is 5.12. The molecule has 4 nitrogen and oxygen atoms in total. The fourth-order valence-corrected chi connectivity index (χ4v) is 3.47. The Bertz CT molecular complexity index is 699. The second-order valence-corrected chi connectivity index (χ2v) is 7.22. The Hall–Kier alpha value is -2.17. The zero-order valence-corrected chi connectivity index (χ0v) is 16.7. The number of ether oxygens (including phenoxy) is 1. The van der Waals surface area contributed by atoms with Gasteiger partial charge in [-0.1, -0.05) is 80.3 Å². The molecule has 2 atom stereocenters. The summed E-state index contributed by atoms with van der Waals surface area (Å²) in [6, 6.07) is 18.0. The first kappa shape index (κ1) is 22.1. The van der Waals surface area contributed by atoms with Crippen LogP contribution in [0.1, 0.15) is 61.3 Å². The van der Waals surface area contributed by atoms with E-state index < -0.39 is 18.2 Å². The monoisotopic (exact) mass is 384 g/mol. The van der Waals surface area contributed by atoms with Gasteiger partial charge in [-0.3, -0.25) is 0 Å². The van der Waals surface area contributed by atoms with Gasteiger partial charge in [0, 0.05) is 0 Å². The summed E-state index contributed by atoms with van der Waals surface area (Å²) in [5.74, 6) is -0.821. The van der Waals surface area contributed by atoms with Gasteiger partial charge in [-0.25, -0.2) is 4.79 Å². The molecule has 152 valence electrons. The highest BCUT2D eigenvalue weighted by Crippen LogP contribution is 2.24. The van der Waals surface area contributed by atoms with E-state index >= 15 is 0 Å². The van der Waals surface area contributed by atoms with Crippen LogP contribution in [0.4, 0.5) is 0 Å². The predicted octanol–water partition coefficient (Wildman–Crippen LogP) is 4.38. The first-order valence-corrected chi connectivity index (χ1v) is 10.2. The van der Waals surface area contributed by atoms with E-state index in [-0.39, 0.29) is 0 Å². The van der Waals surface area contributed by atoms with Crippen molar-refractivity contribution in [3.05, 3.63) is 71.3 Å². The minimum absolute atomic E-state index is 0.600. The summed E-state index contributed by atoms with van der Waals surface area (Å²) in [5, 5.41) is 20.2. The van der Waals surface area contributed by atoms with Crippen LogP contribution in [-0.2, 0) is 22.4 Å². The van der Waals surface area contributed by atoms with Crippen LogP contribution in [0, 0.1) is 0 Å². The molecule has 0 aliphatic carbocycles. The molecule has 2 aromatic rings. The lowest BCUT2D eigenvalue weighted by atomic mass is 9.94. The highest BCUT2D eigenvalue weighted by Gasteiger charge is 2.27. The van der Waals surface area contributed by atoms with Gasteiger partial charge in [0.05, 0.1) is 7.11 Å². The van der Waals surface area contributed by atoms with E-state index in [9.17, 15) is 15.0 Å². The molecule has 0 saturated heterocycles. The summed E-state index contributed by atoms with van der Waals surface area (Å²) in [5.41, 5.74) is 2.98. The molecule has 0 radical (unpaired) electrons. The SMILES string of the molecule is COC(=O)[C@H](O)[C@@H](O)c1ccccc1CCCCCCCCc1ccccc1. The second-order valence-electron chi connectivity index (χ2n) is 7.22. The van der Waals surface area contributed by atoms with Gasteiger partial charge in [-0.15, -0.1) is 0 Å². The molecule has 0 fully saturated rings. The third-order valence-electron chi connectivity index (χ3n) is 5.12. The number of aliphatic hydroxyl groups excluding tert-OH is 2. The Kier molecular flexibility index (Phi) is 9.73. The zero-order chi connectivity index (χ0) is 20.2. The molecule has 0 aliphatic heterocycles. The van der Waals surface area contributed by atoms with E-state index in [2.05, 4.69) is 35.1 Å². The van der Waals surface area contributed by atoms with Crippen molar-refractivity contribution >= 4 is 5.97 Å². The van der Waals surface area contributed by atoms with Crippen LogP contribution < -0.4 is 0 Å². The fourth-order valence-electron chi connectivity index (χ4n) is 3.47. The quantitative estimate of drug-likeness (QED) is 0.421. The third kappa shape index (κ3) is 7.10. The summed E-state index contributed by atoms with van der Waals surface area (Å²) in [7, 11) is 1.20. The molecule has 0 aliphatic rings. The molecule has 0 spiro atoms. The van der Waals surface area contributed by atoms with Crippen molar-refractivity contribution in [3.8, 4) is 0 Å². The maximum Gasteiger partial charge on any atom is 0.337 e. The Morgan fingerprint density at radius 3 is 2.07 bits per heavy atom. The van der Waals surface area contributed by atoms with Crippen molar-refractivity contribution in [2.45, 2.75) is 63.6 Å². The topological polar surface area (TPSA) is 66.8 Å². The summed E-state index contributed by atoms with van der Waals surface area (Å²) in [6.07, 6.45) is 6.21. The number of benzene rings is 2. The Morgan fingerprint density at radius 1 is 0.821 bits per heavy atom. The van der Waals surface area contributed by atoms with Crippen LogP contribution in [-0.4, -0.2) is 29.4 Å². The van der Waals surface area contributed by atoms with Gasteiger partial charge in [0.2, 0.25) is 0 Å². The molecule has 0 unspecified atom stereocenters. The summed E-state index contributed by atoms with van der Waals surface area (Å²) in [4.78, 5) is 11.5. The number of hydrogen-bond donors (Lipinski definition) is 2. The van der Waals surface area contributed by atoms with Gasteiger partial charge in [-0.05, 0) is 42.4 Å². The maximum absolute atomic E-state index is 11.5. The Balaban J connectivity index is 1.68. The van der Waals surface area contributed by atoms with Crippen molar-refractivity contribution < 1.29 is 19.7 Å². The standard InChI is InChI=1S/C24H32O4/c1-28-24(27)23(26)22(25)21-18-12-11-17-20(21)16-10-5-3-2-4-7-13-19-14-8-6-9-15-19/h6,8-9,11-12,14-15,17-18,22-23,25-26H,2-5,7,10,13,16H2,1H3/t22-,23+/m0/s1. The lowest BCUT2D eigenvalue weighted by Gasteiger charge is -2.19. The van der Waals surface area contributed by atoms with Crippen molar-refractivity contribution in [2.75, 3.05) is 7.11 Å². The first-order valence-electron chi connectivity index (χ1n) is 10.2. The number of carbonyl (C=O) groups is 1. The van der Waals surface area contributed by atoms with E-state index in [1.165, 1.54) is 38.4 Å². The number of carbonyl (C=O) groups excluding carboxylic acids is 1. The Morgan fingerprint density at radius 2 is 1.39 bits per heavy atom. The van der Waals surface area contributed by atoms with E-state index in [0.29, 0.717) is 5.56 Å². The van der Waals surface area contributed by atoms with Gasteiger partial charge in [-0.2, -0.15) is 0 Å². The van der Waals surface area contributed by atoms with Gasteiger partial charge in [0.1, 0.15) is 6.10 Å². The van der Waals surface area contributed by atoms with Gasteiger partial charge < -0.3 is 14.9 Å². The van der Waals surface area contributed by atoms with Crippen LogP contribution in [0.25, 0.3) is 0 Å². The number of methoxy groups -OCH3 is 1. The minimum atomic E-state index is -1.56. The lowest BCUT2D eigenvalue weighted by molar-refractivity contribution is -0.156. The molecule has 0 aromatic heterocycles. The van der Waals surface area contributed by atoms with Gasteiger partial charge in [0.15, 0.2) is 6.10 Å². The molecule has 28 heavy (non-hydrogen) atoms. The molecule has 0 bridgehead atoms. The van der Waals surface area contributed by atoms with Crippen LogP contribution in [0.15, 0.2) is 54.6 Å². The zero-order valence-electron chi connectivity index (χ0n) is 16.7. The largest absolute Gasteiger partial charge is 0.467 e. The molecule has 2 rings (SSSR count). The molecule has 4 heteroatoms. The number of esters is 1. The van der Waals surface area contributed by atoms with Crippen molar-refractivity contribution in [2.24, 2.45) is 0 Å². The lowest BCUT2D eigenvalue weighted by Crippen LogP contribution is -2.29. The van der Waals surface area contributed by atoms with Crippen molar-refractivity contribution in [3.63, 3.8) is 0 Å². The summed E-state index contributed by atoms with van der Waals surface area (Å²) < 4.78 is 4.52. The minimum Gasteiger partial charge on any atom is -0.467 e. The predicted molar refractivity (Wildman–Crippen MR) is 111 cm³/mol. The number of aryl methyl sites for hydroxylation is 2. The Labute approximate surface area is 168 Å². The van der Waals surface area contributed by atoms with Gasteiger partial charge >= 0.3 is 5.97 Å². The van der Waals surface area contributed by atoms with E-state index in [1.54, 1.807) is 12.1 Å². The van der Waals surface area contributed by atoms with E-state index in [1.807, 2.05) is 12.1 Å². The number of aliphatic hydroxyl groups is 2. The molecule has 2 aromatic carbocycles. The van der Waals surface area contributed by atoms with Gasteiger partial charge in [0.25, 0.3) is 0 Å². The summed E-state index contributed by atoms with van der Waals surface area (Å²) in [6.45, 7) is 0. The normalized spacial score (nSPS) is 13.1. The molecular formula is C24H32O4. The number of unbranched alkanes of at least 4 members (excludes halogenated alkanes) is 5. The van der Waals surface area contributed by atoms with E-state index in [4.69, 9.17) is 0 Å². The number of hydrogen-bond acceptors (Lipinski definition) is 4. The number of rotatable bonds is 12. The fraction of sp³-hybridized carbons (Fsp3) is 0.458. The van der Waals surface area contributed by atoms with Crippen molar-refractivity contribution in [1.82, 2.24) is 0 Å². The highest BCUT2D eigenvalue weighted by atomic mass is 16.5. The highest BCUT2D eigenvalue weighted by molar-refractivity contribution is 5.75. The van der Waals surface area contributed by atoms with E-state index in [0.717, 1.165) is 31.2 Å². The maximum atomic E-state index is 11.5. The van der Waals surface area contributed by atoms with Crippen LogP contribution in [0.5, 0.6) is 0 Å². The first-order chi connectivity index (χ1) is 13.6. The average molecular weight is 385 g/mol. The molecule has 0 saturated carbocycles. The average Bonchev–Trinajstić information content (AvgIpc) is 2.75. The molecular weight excluding hydrogens is 352 g/mol. The van der Waals surface area contributed by atoms with Crippen LogP contribution in [0.3, 0.4) is 0 Å². The van der Waals surface area contributed by atoms with Crippen molar-refractivity contribution in [1.29, 1.82) is 0 Å². The summed E-state index contributed by atoms with van der Waals surface area (Å²) >= 11 is 0. The smallest absolute Gasteiger partial charge is 0.337 e. The van der Waals surface area contributed by atoms with Crippen LogP contribution in [0.2, 0.25) is 0 Å².